The van der Waals surface area contributed by atoms with Gasteiger partial charge in [0, 0.05) is 19.2 Å². The van der Waals surface area contributed by atoms with E-state index in [0.717, 1.165) is 21.9 Å². The lowest BCUT2D eigenvalue weighted by Gasteiger charge is -2.06. The number of hydrogen-bond donors (Lipinski definition) is 2. The molecule has 0 aromatic heterocycles. The van der Waals surface area contributed by atoms with Gasteiger partial charge < -0.3 is 10.6 Å². The van der Waals surface area contributed by atoms with Crippen molar-refractivity contribution in [3.8, 4) is 0 Å². The molecule has 0 spiro atoms. The molecule has 2 N–H and O–H groups in total. The van der Waals surface area contributed by atoms with E-state index in [-0.39, 0.29) is 11.8 Å². The number of carbonyl (C=O) groups is 2. The standard InChI is InChI=1S/C23H22N2O2/c26-22(14-13-20-11-6-10-19-9-4-5-12-21(19)20)24-15-16-25-23(27)17-18-7-2-1-3-8-18/h1-14H,15-17H2,(H,24,26)(H,25,27)/b14-13+. The van der Waals surface area contributed by atoms with Gasteiger partial charge in [-0.05, 0) is 28.0 Å². The van der Waals surface area contributed by atoms with Crippen molar-refractivity contribution < 1.29 is 9.59 Å². The zero-order chi connectivity index (χ0) is 18.9. The summed E-state index contributed by atoms with van der Waals surface area (Å²) >= 11 is 0. The lowest BCUT2D eigenvalue weighted by atomic mass is 10.0. The van der Waals surface area contributed by atoms with E-state index < -0.39 is 0 Å². The van der Waals surface area contributed by atoms with Crippen molar-refractivity contribution >= 4 is 28.7 Å². The number of hydrogen-bond acceptors (Lipinski definition) is 2. The van der Waals surface area contributed by atoms with Crippen molar-refractivity contribution in [2.45, 2.75) is 6.42 Å². The van der Waals surface area contributed by atoms with Crippen LogP contribution < -0.4 is 10.6 Å². The molecule has 4 nitrogen and oxygen atoms in total. The molecule has 27 heavy (non-hydrogen) atoms. The third-order valence-electron chi connectivity index (χ3n) is 4.19. The maximum absolute atomic E-state index is 12.0. The average molecular weight is 358 g/mol. The monoisotopic (exact) mass is 358 g/mol. The van der Waals surface area contributed by atoms with E-state index in [9.17, 15) is 9.59 Å². The van der Waals surface area contributed by atoms with Crippen LogP contribution in [0.5, 0.6) is 0 Å². The van der Waals surface area contributed by atoms with Crippen LogP contribution in [0.1, 0.15) is 11.1 Å². The fraction of sp³-hybridized carbons (Fsp3) is 0.130. The Balaban J connectivity index is 1.43. The minimum atomic E-state index is -0.180. The van der Waals surface area contributed by atoms with Crippen molar-refractivity contribution in [3.63, 3.8) is 0 Å². The quantitative estimate of drug-likeness (QED) is 0.503. The molecule has 4 heteroatoms. The summed E-state index contributed by atoms with van der Waals surface area (Å²) in [4.78, 5) is 23.8. The van der Waals surface area contributed by atoms with E-state index in [1.807, 2.05) is 78.9 Å². The predicted molar refractivity (Wildman–Crippen MR) is 109 cm³/mol. The van der Waals surface area contributed by atoms with Gasteiger partial charge in [-0.3, -0.25) is 9.59 Å². The summed E-state index contributed by atoms with van der Waals surface area (Å²) in [5.41, 5.74) is 1.97. The Hall–Kier alpha value is -3.40. The Morgan fingerprint density at radius 2 is 1.48 bits per heavy atom. The molecule has 0 radical (unpaired) electrons. The molecule has 0 unspecified atom stereocenters. The molecule has 3 aromatic carbocycles. The Labute approximate surface area is 158 Å². The first kappa shape index (κ1) is 18.4. The fourth-order valence-corrected chi connectivity index (χ4v) is 2.85. The molecule has 2 amide bonds. The van der Waals surface area contributed by atoms with Gasteiger partial charge in [0.1, 0.15) is 0 Å². The maximum atomic E-state index is 12.0. The van der Waals surface area contributed by atoms with Gasteiger partial charge in [-0.15, -0.1) is 0 Å². The first-order chi connectivity index (χ1) is 13.2. The zero-order valence-corrected chi connectivity index (χ0v) is 15.0. The van der Waals surface area contributed by atoms with E-state index in [4.69, 9.17) is 0 Å². The smallest absolute Gasteiger partial charge is 0.244 e. The molecule has 0 aliphatic rings. The first-order valence-electron chi connectivity index (χ1n) is 8.97. The summed E-state index contributed by atoms with van der Waals surface area (Å²) in [5, 5.41) is 7.83. The van der Waals surface area contributed by atoms with Gasteiger partial charge in [-0.2, -0.15) is 0 Å². The average Bonchev–Trinajstić information content (AvgIpc) is 2.70. The molecule has 0 atom stereocenters. The first-order valence-corrected chi connectivity index (χ1v) is 8.97. The molecule has 0 fully saturated rings. The summed E-state index contributed by atoms with van der Waals surface area (Å²) in [6.07, 6.45) is 3.68. The highest BCUT2D eigenvalue weighted by Crippen LogP contribution is 2.19. The molecule has 3 aromatic rings. The zero-order valence-electron chi connectivity index (χ0n) is 15.0. The topological polar surface area (TPSA) is 58.2 Å². The van der Waals surface area contributed by atoms with Gasteiger partial charge >= 0.3 is 0 Å². The van der Waals surface area contributed by atoms with E-state index in [1.165, 1.54) is 6.08 Å². The van der Waals surface area contributed by atoms with Crippen molar-refractivity contribution in [3.05, 3.63) is 90.0 Å². The molecule has 0 aliphatic carbocycles. The Kier molecular flexibility index (Phi) is 6.36. The number of carbonyl (C=O) groups excluding carboxylic acids is 2. The van der Waals surface area contributed by atoms with Crippen molar-refractivity contribution in [2.24, 2.45) is 0 Å². The number of nitrogens with one attached hydrogen (secondary N) is 2. The van der Waals surface area contributed by atoms with Gasteiger partial charge in [0.15, 0.2) is 0 Å². The van der Waals surface area contributed by atoms with E-state index in [2.05, 4.69) is 10.6 Å². The second-order valence-corrected chi connectivity index (χ2v) is 6.21. The molecule has 0 heterocycles. The highest BCUT2D eigenvalue weighted by Gasteiger charge is 2.03. The highest BCUT2D eigenvalue weighted by atomic mass is 16.2. The summed E-state index contributed by atoms with van der Waals surface area (Å²) in [6.45, 7) is 0.790. The predicted octanol–water partition coefficient (Wildman–Crippen LogP) is 3.33. The van der Waals surface area contributed by atoms with Crippen molar-refractivity contribution in [1.82, 2.24) is 10.6 Å². The van der Waals surface area contributed by atoms with Crippen LogP contribution in [0.15, 0.2) is 78.9 Å². The summed E-state index contributed by atoms with van der Waals surface area (Å²) in [5.74, 6) is -0.234. The van der Waals surface area contributed by atoms with Crippen LogP contribution in [0, 0.1) is 0 Å². The van der Waals surface area contributed by atoms with Crippen LogP contribution in [0.25, 0.3) is 16.8 Å². The van der Waals surface area contributed by atoms with Crippen LogP contribution in [0.4, 0.5) is 0 Å². The molecule has 0 saturated carbocycles. The van der Waals surface area contributed by atoms with Crippen molar-refractivity contribution in [2.75, 3.05) is 13.1 Å². The number of rotatable bonds is 7. The lowest BCUT2D eigenvalue weighted by molar-refractivity contribution is -0.121. The molecule has 0 bridgehead atoms. The molecular formula is C23H22N2O2. The summed E-state index contributed by atoms with van der Waals surface area (Å²) in [6, 6.07) is 23.6. The third-order valence-corrected chi connectivity index (χ3v) is 4.19. The minimum absolute atomic E-state index is 0.0539. The molecule has 0 saturated heterocycles. The summed E-state index contributed by atoms with van der Waals surface area (Å²) < 4.78 is 0. The Bertz CT molecular complexity index is 944. The fourth-order valence-electron chi connectivity index (χ4n) is 2.85. The normalized spacial score (nSPS) is 10.8. The SMILES string of the molecule is O=C(/C=C/c1cccc2ccccc12)NCCNC(=O)Cc1ccccc1. The molecule has 3 rings (SSSR count). The summed E-state index contributed by atoms with van der Waals surface area (Å²) in [7, 11) is 0. The second kappa shape index (κ2) is 9.34. The van der Waals surface area contributed by atoms with Gasteiger partial charge in [-0.1, -0.05) is 72.8 Å². The maximum Gasteiger partial charge on any atom is 0.244 e. The van der Waals surface area contributed by atoms with Gasteiger partial charge in [0.25, 0.3) is 0 Å². The van der Waals surface area contributed by atoms with Crippen molar-refractivity contribution in [1.29, 1.82) is 0 Å². The Morgan fingerprint density at radius 1 is 0.778 bits per heavy atom. The molecule has 0 aliphatic heterocycles. The van der Waals surface area contributed by atoms with Crippen LogP contribution in [-0.2, 0) is 16.0 Å². The number of amides is 2. The van der Waals surface area contributed by atoms with Crippen LogP contribution in [0.3, 0.4) is 0 Å². The minimum Gasteiger partial charge on any atom is -0.354 e. The van der Waals surface area contributed by atoms with Gasteiger partial charge in [0.05, 0.1) is 6.42 Å². The third kappa shape index (κ3) is 5.54. The second-order valence-electron chi connectivity index (χ2n) is 6.21. The number of benzene rings is 3. The largest absolute Gasteiger partial charge is 0.354 e. The Morgan fingerprint density at radius 3 is 2.33 bits per heavy atom. The van der Waals surface area contributed by atoms with Gasteiger partial charge in [0.2, 0.25) is 11.8 Å². The molecule has 136 valence electrons. The van der Waals surface area contributed by atoms with E-state index >= 15 is 0 Å². The van der Waals surface area contributed by atoms with Crippen LogP contribution in [0.2, 0.25) is 0 Å². The van der Waals surface area contributed by atoms with E-state index in [0.29, 0.717) is 19.5 Å². The molecular weight excluding hydrogens is 336 g/mol. The lowest BCUT2D eigenvalue weighted by Crippen LogP contribution is -2.34. The van der Waals surface area contributed by atoms with Crippen LogP contribution in [-0.4, -0.2) is 24.9 Å². The van der Waals surface area contributed by atoms with Crippen LogP contribution >= 0.6 is 0 Å². The van der Waals surface area contributed by atoms with E-state index in [1.54, 1.807) is 0 Å². The highest BCUT2D eigenvalue weighted by molar-refractivity contribution is 5.96. The number of fused-ring (bicyclic) bond motifs is 1. The van der Waals surface area contributed by atoms with Gasteiger partial charge in [-0.25, -0.2) is 0 Å².